The topological polar surface area (TPSA) is 38.3 Å². The first kappa shape index (κ1) is 10.0. The van der Waals surface area contributed by atoms with Crippen LogP contribution in [-0.4, -0.2) is 34.6 Å². The van der Waals surface area contributed by atoms with Gasteiger partial charge in [0.2, 0.25) is 5.88 Å². The number of hydrogen-bond donors (Lipinski definition) is 0. The van der Waals surface area contributed by atoms with Crippen LogP contribution >= 0.6 is 0 Å². The zero-order chi connectivity index (χ0) is 11.3. The lowest BCUT2D eigenvalue weighted by molar-refractivity contribution is 0.187. The van der Waals surface area contributed by atoms with Crippen LogP contribution in [0.5, 0.6) is 5.88 Å². The summed E-state index contributed by atoms with van der Waals surface area (Å²) < 4.78 is 5.35. The Kier molecular flexibility index (Phi) is 1.98. The average molecular weight is 219 g/mol. The maximum absolute atomic E-state index is 5.35. The molecule has 1 fully saturated rings. The van der Waals surface area contributed by atoms with Gasteiger partial charge in [-0.05, 0) is 26.8 Å². The molecule has 1 aromatic rings. The molecule has 0 bridgehead atoms. The van der Waals surface area contributed by atoms with Crippen LogP contribution in [0.4, 0.5) is 0 Å². The summed E-state index contributed by atoms with van der Waals surface area (Å²) in [6.45, 7) is 2.85. The number of ether oxygens (including phenoxy) is 1. The normalized spacial score (nSPS) is 21.9. The van der Waals surface area contributed by atoms with Gasteiger partial charge in [0.05, 0.1) is 12.8 Å². The summed E-state index contributed by atoms with van der Waals surface area (Å²) in [5.41, 5.74) is 2.77. The van der Waals surface area contributed by atoms with Gasteiger partial charge in [-0.15, -0.1) is 0 Å². The van der Waals surface area contributed by atoms with E-state index in [1.807, 2.05) is 6.92 Å². The van der Waals surface area contributed by atoms with Crippen molar-refractivity contribution >= 4 is 0 Å². The van der Waals surface area contributed by atoms with Crippen molar-refractivity contribution in [2.24, 2.45) is 0 Å². The van der Waals surface area contributed by atoms with E-state index in [1.165, 1.54) is 24.1 Å². The highest BCUT2D eigenvalue weighted by molar-refractivity contribution is 5.36. The van der Waals surface area contributed by atoms with Crippen LogP contribution in [0.2, 0.25) is 0 Å². The molecule has 3 rings (SSSR count). The number of rotatable bonds is 1. The average Bonchev–Trinajstić information content (AvgIpc) is 3.01. The molecule has 16 heavy (non-hydrogen) atoms. The summed E-state index contributed by atoms with van der Waals surface area (Å²) in [7, 11) is 3.87. The van der Waals surface area contributed by atoms with Gasteiger partial charge >= 0.3 is 0 Å². The van der Waals surface area contributed by atoms with Crippen molar-refractivity contribution in [2.45, 2.75) is 38.3 Å². The molecule has 86 valence electrons. The van der Waals surface area contributed by atoms with Crippen molar-refractivity contribution in [1.82, 2.24) is 14.9 Å². The first-order valence-electron chi connectivity index (χ1n) is 5.76. The standard InChI is InChI=1S/C12H17N3O/c1-8-13-10-6-12(4-5-12)15(2)7-9(10)11(14-8)16-3/h4-7H2,1-3H3. The predicted octanol–water partition coefficient (Wildman–Crippen LogP) is 1.31. The van der Waals surface area contributed by atoms with Gasteiger partial charge in [-0.25, -0.2) is 4.98 Å². The maximum atomic E-state index is 5.35. The lowest BCUT2D eigenvalue weighted by Crippen LogP contribution is -2.40. The molecule has 4 heteroatoms. The summed E-state index contributed by atoms with van der Waals surface area (Å²) in [6.07, 6.45) is 3.65. The third-order valence-electron chi connectivity index (χ3n) is 3.89. The van der Waals surface area contributed by atoms with E-state index >= 15 is 0 Å². The molecule has 0 N–H and O–H groups in total. The lowest BCUT2D eigenvalue weighted by Gasteiger charge is -2.34. The molecule has 1 aromatic heterocycles. The third kappa shape index (κ3) is 1.33. The molecule has 0 atom stereocenters. The molecule has 4 nitrogen and oxygen atoms in total. The SMILES string of the molecule is COc1nc(C)nc2c1CN(C)C1(CC1)C2. The Bertz CT molecular complexity index is 440. The lowest BCUT2D eigenvalue weighted by atomic mass is 9.98. The maximum Gasteiger partial charge on any atom is 0.221 e. The van der Waals surface area contributed by atoms with E-state index in [2.05, 4.69) is 21.9 Å². The van der Waals surface area contributed by atoms with E-state index in [4.69, 9.17) is 4.74 Å². The van der Waals surface area contributed by atoms with Gasteiger partial charge < -0.3 is 4.74 Å². The Morgan fingerprint density at radius 1 is 1.31 bits per heavy atom. The molecule has 1 spiro atoms. The molecule has 0 unspecified atom stereocenters. The second kappa shape index (κ2) is 3.17. The molecule has 1 aliphatic carbocycles. The van der Waals surface area contributed by atoms with Gasteiger partial charge in [0.25, 0.3) is 0 Å². The minimum Gasteiger partial charge on any atom is -0.481 e. The summed E-state index contributed by atoms with van der Waals surface area (Å²) in [5, 5.41) is 0. The van der Waals surface area contributed by atoms with E-state index in [-0.39, 0.29) is 0 Å². The van der Waals surface area contributed by atoms with Crippen LogP contribution < -0.4 is 4.74 Å². The first-order valence-corrected chi connectivity index (χ1v) is 5.76. The van der Waals surface area contributed by atoms with Crippen LogP contribution in [0.1, 0.15) is 29.9 Å². The molecule has 1 saturated carbocycles. The highest BCUT2D eigenvalue weighted by atomic mass is 16.5. The zero-order valence-electron chi connectivity index (χ0n) is 10.1. The minimum absolute atomic E-state index is 0.402. The van der Waals surface area contributed by atoms with Gasteiger partial charge in [0.15, 0.2) is 0 Å². The van der Waals surface area contributed by atoms with Crippen molar-refractivity contribution < 1.29 is 4.74 Å². The molecule has 0 radical (unpaired) electrons. The van der Waals surface area contributed by atoms with Crippen LogP contribution in [0.15, 0.2) is 0 Å². The van der Waals surface area contributed by atoms with Gasteiger partial charge in [-0.3, -0.25) is 4.90 Å². The molecule has 2 aliphatic rings. The number of likely N-dealkylation sites (N-methyl/N-ethyl adjacent to an activating group) is 1. The summed E-state index contributed by atoms with van der Waals surface area (Å²) in [5.74, 6) is 1.57. The molecule has 2 heterocycles. The number of methoxy groups -OCH3 is 1. The second-order valence-electron chi connectivity index (χ2n) is 4.96. The number of hydrogen-bond acceptors (Lipinski definition) is 4. The van der Waals surface area contributed by atoms with Gasteiger partial charge in [-0.1, -0.05) is 0 Å². The monoisotopic (exact) mass is 219 g/mol. The van der Waals surface area contributed by atoms with Crippen LogP contribution in [0.3, 0.4) is 0 Å². The van der Waals surface area contributed by atoms with E-state index in [9.17, 15) is 0 Å². The molecule has 1 aliphatic heterocycles. The Balaban J connectivity index is 2.07. The largest absolute Gasteiger partial charge is 0.481 e. The van der Waals surface area contributed by atoms with Crippen molar-refractivity contribution in [3.05, 3.63) is 17.1 Å². The fourth-order valence-corrected chi connectivity index (χ4v) is 2.65. The van der Waals surface area contributed by atoms with Crippen LogP contribution in [-0.2, 0) is 13.0 Å². The molecular weight excluding hydrogens is 202 g/mol. The zero-order valence-corrected chi connectivity index (χ0v) is 10.1. The van der Waals surface area contributed by atoms with E-state index in [1.54, 1.807) is 7.11 Å². The fourth-order valence-electron chi connectivity index (χ4n) is 2.65. The van der Waals surface area contributed by atoms with E-state index in [0.29, 0.717) is 5.54 Å². The Hall–Kier alpha value is -1.16. The highest BCUT2D eigenvalue weighted by Crippen LogP contribution is 2.48. The van der Waals surface area contributed by atoms with E-state index in [0.717, 1.165) is 24.7 Å². The van der Waals surface area contributed by atoms with Crippen LogP contribution in [0.25, 0.3) is 0 Å². The number of aromatic nitrogens is 2. The van der Waals surface area contributed by atoms with Gasteiger partial charge in [0.1, 0.15) is 5.82 Å². The Morgan fingerprint density at radius 2 is 2.06 bits per heavy atom. The molecule has 0 amide bonds. The summed E-state index contributed by atoms with van der Waals surface area (Å²) in [4.78, 5) is 11.3. The number of fused-ring (bicyclic) bond motifs is 1. The first-order chi connectivity index (χ1) is 7.64. The fraction of sp³-hybridized carbons (Fsp3) is 0.667. The minimum atomic E-state index is 0.402. The Labute approximate surface area is 95.7 Å². The van der Waals surface area contributed by atoms with Gasteiger partial charge in [-0.2, -0.15) is 4.98 Å². The second-order valence-corrected chi connectivity index (χ2v) is 4.96. The van der Waals surface area contributed by atoms with Crippen molar-refractivity contribution in [3.63, 3.8) is 0 Å². The molecule has 0 aromatic carbocycles. The summed E-state index contributed by atoms with van der Waals surface area (Å²) in [6, 6.07) is 0. The summed E-state index contributed by atoms with van der Waals surface area (Å²) >= 11 is 0. The van der Waals surface area contributed by atoms with Gasteiger partial charge in [0, 0.05) is 24.1 Å². The quantitative estimate of drug-likeness (QED) is 0.714. The van der Waals surface area contributed by atoms with Crippen LogP contribution in [0, 0.1) is 6.92 Å². The van der Waals surface area contributed by atoms with Crippen molar-refractivity contribution in [1.29, 1.82) is 0 Å². The third-order valence-corrected chi connectivity index (χ3v) is 3.89. The molecular formula is C12H17N3O. The number of nitrogens with zero attached hydrogens (tertiary/aromatic N) is 3. The number of aryl methyl sites for hydroxylation is 1. The van der Waals surface area contributed by atoms with Crippen molar-refractivity contribution in [2.75, 3.05) is 14.2 Å². The van der Waals surface area contributed by atoms with E-state index < -0.39 is 0 Å². The smallest absolute Gasteiger partial charge is 0.221 e. The Morgan fingerprint density at radius 3 is 2.69 bits per heavy atom. The molecule has 0 saturated heterocycles. The predicted molar refractivity (Wildman–Crippen MR) is 60.5 cm³/mol. The highest BCUT2D eigenvalue weighted by Gasteiger charge is 2.49. The van der Waals surface area contributed by atoms with Crippen molar-refractivity contribution in [3.8, 4) is 5.88 Å².